The molecule has 0 aliphatic heterocycles. The van der Waals surface area contributed by atoms with Gasteiger partial charge in [0.15, 0.2) is 0 Å². The van der Waals surface area contributed by atoms with E-state index in [0.717, 1.165) is 6.07 Å². The van der Waals surface area contributed by atoms with Gasteiger partial charge in [-0.1, -0.05) is 11.6 Å². The van der Waals surface area contributed by atoms with Crippen LogP contribution < -0.4 is 0 Å². The average molecular weight is 287 g/mol. The molecule has 0 aliphatic rings. The highest BCUT2D eigenvalue weighted by atomic mass is 35.5. The maximum Gasteiger partial charge on any atom is 0.362 e. The Labute approximate surface area is 114 Å². The van der Waals surface area contributed by atoms with Crippen molar-refractivity contribution < 1.29 is 19.0 Å². The molecule has 0 atom stereocenters. The van der Waals surface area contributed by atoms with Crippen LogP contribution in [0.4, 0.5) is 10.1 Å². The Balaban J connectivity index is 2.97. The third kappa shape index (κ3) is 4.33. The van der Waals surface area contributed by atoms with Crippen LogP contribution in [0.2, 0.25) is 5.02 Å². The SMILES string of the molecule is CCOC(=O)/C(N=Nc1ccc(F)c(Cl)c1)=C(\C)O. The molecule has 0 radical (unpaired) electrons. The van der Waals surface area contributed by atoms with Gasteiger partial charge in [0, 0.05) is 0 Å². The van der Waals surface area contributed by atoms with Gasteiger partial charge in [0.2, 0.25) is 5.70 Å². The highest BCUT2D eigenvalue weighted by molar-refractivity contribution is 6.30. The number of aliphatic hydroxyl groups excluding tert-OH is 1. The summed E-state index contributed by atoms with van der Waals surface area (Å²) in [7, 11) is 0. The maximum absolute atomic E-state index is 12.9. The van der Waals surface area contributed by atoms with Crippen molar-refractivity contribution >= 4 is 23.3 Å². The van der Waals surface area contributed by atoms with Crippen LogP contribution in [0.15, 0.2) is 39.9 Å². The normalized spacial score (nSPS) is 12.4. The number of azo groups is 1. The molecule has 0 aliphatic carbocycles. The first kappa shape index (κ1) is 15.1. The highest BCUT2D eigenvalue weighted by Crippen LogP contribution is 2.22. The van der Waals surface area contributed by atoms with Crippen LogP contribution in [0.3, 0.4) is 0 Å². The number of esters is 1. The molecule has 0 saturated heterocycles. The fourth-order valence-corrected chi connectivity index (χ4v) is 1.29. The summed E-state index contributed by atoms with van der Waals surface area (Å²) in [6, 6.07) is 3.70. The van der Waals surface area contributed by atoms with Gasteiger partial charge < -0.3 is 9.84 Å². The number of halogens is 2. The fraction of sp³-hybridized carbons (Fsp3) is 0.250. The second-order valence-electron chi connectivity index (χ2n) is 3.45. The Bertz CT molecular complexity index is 540. The Kier molecular flexibility index (Phi) is 5.44. The molecule has 0 saturated carbocycles. The quantitative estimate of drug-likeness (QED) is 0.395. The van der Waals surface area contributed by atoms with Gasteiger partial charge in [-0.05, 0) is 32.0 Å². The number of nitrogens with zero attached hydrogens (tertiary/aromatic N) is 2. The summed E-state index contributed by atoms with van der Waals surface area (Å²) >= 11 is 5.57. The number of aliphatic hydroxyl groups is 1. The van der Waals surface area contributed by atoms with Crippen LogP contribution in [0.5, 0.6) is 0 Å². The first-order valence-electron chi connectivity index (χ1n) is 5.39. The summed E-state index contributed by atoms with van der Waals surface area (Å²) in [5.74, 6) is -1.70. The van der Waals surface area contributed by atoms with Crippen molar-refractivity contribution in [2.45, 2.75) is 13.8 Å². The van der Waals surface area contributed by atoms with E-state index in [-0.39, 0.29) is 28.8 Å². The molecule has 19 heavy (non-hydrogen) atoms. The Morgan fingerprint density at radius 3 is 2.74 bits per heavy atom. The van der Waals surface area contributed by atoms with E-state index in [1.54, 1.807) is 6.92 Å². The lowest BCUT2D eigenvalue weighted by Crippen LogP contribution is -2.07. The molecule has 1 N–H and O–H groups in total. The zero-order chi connectivity index (χ0) is 14.4. The number of ether oxygens (including phenoxy) is 1. The molecule has 1 aromatic carbocycles. The molecule has 0 fully saturated rings. The van der Waals surface area contributed by atoms with Crippen molar-refractivity contribution in [2.24, 2.45) is 10.2 Å². The number of hydrogen-bond acceptors (Lipinski definition) is 5. The first-order chi connectivity index (χ1) is 8.95. The summed E-state index contributed by atoms with van der Waals surface area (Å²) in [4.78, 5) is 11.4. The molecule has 0 heterocycles. The number of benzene rings is 1. The van der Waals surface area contributed by atoms with E-state index in [1.165, 1.54) is 19.1 Å². The Morgan fingerprint density at radius 1 is 1.53 bits per heavy atom. The lowest BCUT2D eigenvalue weighted by Gasteiger charge is -2.02. The van der Waals surface area contributed by atoms with E-state index in [0.29, 0.717) is 0 Å². The molecule has 1 rings (SSSR count). The smallest absolute Gasteiger partial charge is 0.362 e. The molecule has 7 heteroatoms. The molecule has 0 spiro atoms. The number of carbonyl (C=O) groups excluding carboxylic acids is 1. The number of carbonyl (C=O) groups is 1. The summed E-state index contributed by atoms with van der Waals surface area (Å²) in [6.45, 7) is 3.05. The van der Waals surface area contributed by atoms with E-state index in [9.17, 15) is 14.3 Å². The van der Waals surface area contributed by atoms with Gasteiger partial charge in [0.05, 0.1) is 17.3 Å². The molecule has 0 amide bonds. The minimum atomic E-state index is -0.792. The highest BCUT2D eigenvalue weighted by Gasteiger charge is 2.13. The van der Waals surface area contributed by atoms with Gasteiger partial charge in [-0.25, -0.2) is 9.18 Å². The summed E-state index contributed by atoms with van der Waals surface area (Å²) < 4.78 is 17.6. The van der Waals surface area contributed by atoms with E-state index in [2.05, 4.69) is 10.2 Å². The zero-order valence-corrected chi connectivity index (χ0v) is 11.1. The molecule has 0 unspecified atom stereocenters. The van der Waals surface area contributed by atoms with E-state index in [1.807, 2.05) is 0 Å². The van der Waals surface area contributed by atoms with E-state index in [4.69, 9.17) is 16.3 Å². The monoisotopic (exact) mass is 286 g/mol. The van der Waals surface area contributed by atoms with Gasteiger partial charge in [0.1, 0.15) is 11.6 Å². The van der Waals surface area contributed by atoms with E-state index >= 15 is 0 Å². The standard InChI is InChI=1S/C12H12ClFN2O3/c1-3-19-12(18)11(7(2)17)16-15-8-4-5-10(14)9(13)6-8/h4-6,17H,3H2,1-2H3/b11-7-,16-15?. The lowest BCUT2D eigenvalue weighted by molar-refractivity contribution is -0.138. The fourth-order valence-electron chi connectivity index (χ4n) is 1.12. The predicted octanol–water partition coefficient (Wildman–Crippen LogP) is 3.92. The summed E-state index contributed by atoms with van der Waals surface area (Å²) in [5.41, 5.74) is -0.0725. The van der Waals surface area contributed by atoms with Crippen LogP contribution >= 0.6 is 11.6 Å². The van der Waals surface area contributed by atoms with Crippen molar-refractivity contribution in [1.82, 2.24) is 0 Å². The largest absolute Gasteiger partial charge is 0.510 e. The average Bonchev–Trinajstić information content (AvgIpc) is 2.33. The Morgan fingerprint density at radius 2 is 2.21 bits per heavy atom. The topological polar surface area (TPSA) is 71.2 Å². The van der Waals surface area contributed by atoms with Crippen LogP contribution in [0, 0.1) is 5.82 Å². The Hall–Kier alpha value is -1.95. The van der Waals surface area contributed by atoms with Gasteiger partial charge in [0.25, 0.3) is 0 Å². The zero-order valence-electron chi connectivity index (χ0n) is 10.4. The van der Waals surface area contributed by atoms with Gasteiger partial charge >= 0.3 is 5.97 Å². The number of allylic oxidation sites excluding steroid dienone is 1. The van der Waals surface area contributed by atoms with Gasteiger partial charge in [-0.2, -0.15) is 5.11 Å². The minimum absolute atomic E-state index is 0.112. The molecular weight excluding hydrogens is 275 g/mol. The maximum atomic E-state index is 12.9. The van der Waals surface area contributed by atoms with E-state index < -0.39 is 11.8 Å². The number of hydrogen-bond donors (Lipinski definition) is 1. The minimum Gasteiger partial charge on any atom is -0.510 e. The van der Waals surface area contributed by atoms with Crippen LogP contribution in [0.1, 0.15) is 13.8 Å². The van der Waals surface area contributed by atoms with Crippen molar-refractivity contribution in [1.29, 1.82) is 0 Å². The second-order valence-corrected chi connectivity index (χ2v) is 3.86. The van der Waals surface area contributed by atoms with Crippen LogP contribution in [-0.2, 0) is 9.53 Å². The second kappa shape index (κ2) is 6.84. The molecule has 5 nitrogen and oxygen atoms in total. The van der Waals surface area contributed by atoms with Crippen molar-refractivity contribution in [2.75, 3.05) is 6.61 Å². The molecule has 102 valence electrons. The summed E-state index contributed by atoms with van der Waals surface area (Å²) in [5, 5.41) is 16.5. The van der Waals surface area contributed by atoms with Crippen LogP contribution in [0.25, 0.3) is 0 Å². The third-order valence-electron chi connectivity index (χ3n) is 1.98. The van der Waals surface area contributed by atoms with Gasteiger partial charge in [-0.3, -0.25) is 0 Å². The van der Waals surface area contributed by atoms with Crippen molar-refractivity contribution in [3.8, 4) is 0 Å². The molecule has 0 aromatic heterocycles. The third-order valence-corrected chi connectivity index (χ3v) is 2.27. The van der Waals surface area contributed by atoms with Crippen molar-refractivity contribution in [3.63, 3.8) is 0 Å². The molecule has 0 bridgehead atoms. The molecule has 1 aromatic rings. The van der Waals surface area contributed by atoms with Crippen LogP contribution in [-0.4, -0.2) is 17.7 Å². The van der Waals surface area contributed by atoms with Crippen molar-refractivity contribution in [3.05, 3.63) is 40.5 Å². The number of rotatable bonds is 4. The lowest BCUT2D eigenvalue weighted by atomic mass is 10.3. The predicted molar refractivity (Wildman–Crippen MR) is 67.9 cm³/mol. The summed E-state index contributed by atoms with van der Waals surface area (Å²) in [6.07, 6.45) is 0. The van der Waals surface area contributed by atoms with Gasteiger partial charge in [-0.15, -0.1) is 5.11 Å². The molecular formula is C12H12ClFN2O3. The first-order valence-corrected chi connectivity index (χ1v) is 5.77.